The van der Waals surface area contributed by atoms with E-state index in [1.54, 1.807) is 36.4 Å². The average molecular weight is 356 g/mol. The second-order valence-corrected chi connectivity index (χ2v) is 5.90. The van der Waals surface area contributed by atoms with Crippen LogP contribution in [0.3, 0.4) is 0 Å². The summed E-state index contributed by atoms with van der Waals surface area (Å²) in [4.78, 5) is 23.8. The normalized spacial score (nSPS) is 10.0. The molecule has 0 bridgehead atoms. The van der Waals surface area contributed by atoms with Gasteiger partial charge < -0.3 is 10.1 Å². The molecule has 5 nitrogen and oxygen atoms in total. The van der Waals surface area contributed by atoms with Crippen molar-refractivity contribution in [3.63, 3.8) is 0 Å². The first kappa shape index (κ1) is 18.6. The lowest BCUT2D eigenvalue weighted by Gasteiger charge is -2.10. The maximum atomic E-state index is 12.1. The molecule has 0 aromatic heterocycles. The zero-order valence-electron chi connectivity index (χ0n) is 14.2. The maximum Gasteiger partial charge on any atom is 0.338 e. The molecule has 0 unspecified atom stereocenters. The number of ether oxygens (including phenoxy) is 1. The number of benzene rings is 2. The molecule has 2 N–H and O–H groups in total. The van der Waals surface area contributed by atoms with Crippen molar-refractivity contribution in [1.82, 2.24) is 5.32 Å². The summed E-state index contributed by atoms with van der Waals surface area (Å²) in [6.45, 7) is 4.29. The Bertz CT molecular complexity index is 755. The Balaban J connectivity index is 1.90. The molecule has 0 saturated heterocycles. The van der Waals surface area contributed by atoms with Gasteiger partial charge in [0.1, 0.15) is 0 Å². The van der Waals surface area contributed by atoms with E-state index in [1.807, 2.05) is 26.0 Å². The third-order valence-electron chi connectivity index (χ3n) is 3.36. The van der Waals surface area contributed by atoms with Gasteiger partial charge in [-0.25, -0.2) is 4.79 Å². The van der Waals surface area contributed by atoms with Gasteiger partial charge in [0.15, 0.2) is 5.11 Å². The SMILES string of the molecule is CCCOC(=O)c1ccc(NC(=S)NC(=O)c2ccc(C)cc2)cc1. The van der Waals surface area contributed by atoms with Gasteiger partial charge in [0.25, 0.3) is 5.91 Å². The van der Waals surface area contributed by atoms with Crippen molar-refractivity contribution in [2.75, 3.05) is 11.9 Å². The van der Waals surface area contributed by atoms with Crippen LogP contribution in [0.15, 0.2) is 48.5 Å². The summed E-state index contributed by atoms with van der Waals surface area (Å²) in [5.41, 5.74) is 2.74. The lowest BCUT2D eigenvalue weighted by molar-refractivity contribution is 0.0505. The number of hydrogen-bond donors (Lipinski definition) is 2. The Morgan fingerprint density at radius 2 is 1.60 bits per heavy atom. The summed E-state index contributed by atoms with van der Waals surface area (Å²) < 4.78 is 5.07. The summed E-state index contributed by atoms with van der Waals surface area (Å²) >= 11 is 5.15. The molecule has 0 heterocycles. The van der Waals surface area contributed by atoms with E-state index in [1.165, 1.54) is 0 Å². The molecule has 1 amide bonds. The molecule has 0 aliphatic heterocycles. The van der Waals surface area contributed by atoms with Crippen molar-refractivity contribution in [1.29, 1.82) is 0 Å². The highest BCUT2D eigenvalue weighted by molar-refractivity contribution is 7.80. The fourth-order valence-electron chi connectivity index (χ4n) is 2.01. The van der Waals surface area contributed by atoms with Crippen molar-refractivity contribution in [2.45, 2.75) is 20.3 Å². The van der Waals surface area contributed by atoms with Gasteiger partial charge in [0.05, 0.1) is 12.2 Å². The fraction of sp³-hybridized carbons (Fsp3) is 0.211. The van der Waals surface area contributed by atoms with Gasteiger partial charge in [0, 0.05) is 11.3 Å². The van der Waals surface area contributed by atoms with Gasteiger partial charge in [-0.2, -0.15) is 0 Å². The van der Waals surface area contributed by atoms with Crippen LogP contribution in [0.2, 0.25) is 0 Å². The number of rotatable bonds is 5. The third kappa shape index (κ3) is 5.69. The molecule has 0 radical (unpaired) electrons. The number of carbonyl (C=O) groups excluding carboxylic acids is 2. The zero-order chi connectivity index (χ0) is 18.2. The lowest BCUT2D eigenvalue weighted by Crippen LogP contribution is -2.34. The first-order valence-corrected chi connectivity index (χ1v) is 8.36. The predicted octanol–water partition coefficient (Wildman–Crippen LogP) is 3.69. The average Bonchev–Trinajstić information content (AvgIpc) is 2.60. The molecular formula is C19H20N2O3S. The predicted molar refractivity (Wildman–Crippen MR) is 102 cm³/mol. The van der Waals surface area contributed by atoms with Gasteiger partial charge in [0.2, 0.25) is 0 Å². The molecule has 0 atom stereocenters. The van der Waals surface area contributed by atoms with Gasteiger partial charge in [-0.05, 0) is 62.0 Å². The van der Waals surface area contributed by atoms with Gasteiger partial charge in [-0.3, -0.25) is 10.1 Å². The Kier molecular flexibility index (Phi) is 6.65. The van der Waals surface area contributed by atoms with E-state index in [4.69, 9.17) is 17.0 Å². The van der Waals surface area contributed by atoms with Crippen LogP contribution in [0, 0.1) is 6.92 Å². The van der Waals surface area contributed by atoms with E-state index in [2.05, 4.69) is 10.6 Å². The van der Waals surface area contributed by atoms with E-state index in [0.717, 1.165) is 12.0 Å². The number of esters is 1. The molecule has 2 aromatic rings. The number of nitrogens with one attached hydrogen (secondary N) is 2. The molecule has 0 saturated carbocycles. The quantitative estimate of drug-likeness (QED) is 0.632. The topological polar surface area (TPSA) is 67.4 Å². The minimum atomic E-state index is -0.358. The summed E-state index contributed by atoms with van der Waals surface area (Å²) in [6.07, 6.45) is 0.778. The lowest BCUT2D eigenvalue weighted by atomic mass is 10.1. The molecular weight excluding hydrogens is 336 g/mol. The number of hydrogen-bond acceptors (Lipinski definition) is 4. The van der Waals surface area contributed by atoms with Crippen LogP contribution in [-0.2, 0) is 4.74 Å². The van der Waals surface area contributed by atoms with Crippen molar-refractivity contribution < 1.29 is 14.3 Å². The number of aryl methyl sites for hydroxylation is 1. The smallest absolute Gasteiger partial charge is 0.338 e. The molecule has 130 valence electrons. The van der Waals surface area contributed by atoms with Crippen LogP contribution < -0.4 is 10.6 Å². The monoisotopic (exact) mass is 356 g/mol. The van der Waals surface area contributed by atoms with Crippen LogP contribution in [-0.4, -0.2) is 23.6 Å². The molecule has 6 heteroatoms. The van der Waals surface area contributed by atoms with Crippen LogP contribution in [0.4, 0.5) is 5.69 Å². The van der Waals surface area contributed by atoms with E-state index < -0.39 is 0 Å². The van der Waals surface area contributed by atoms with E-state index >= 15 is 0 Å². The number of amides is 1. The summed E-state index contributed by atoms with van der Waals surface area (Å²) in [5, 5.41) is 5.72. The Morgan fingerprint density at radius 3 is 2.20 bits per heavy atom. The second kappa shape index (κ2) is 8.94. The molecule has 2 rings (SSSR count). The van der Waals surface area contributed by atoms with Crippen molar-refractivity contribution in [2.24, 2.45) is 0 Å². The number of thiocarbonyl (C=S) groups is 1. The molecule has 0 aliphatic carbocycles. The number of carbonyl (C=O) groups is 2. The second-order valence-electron chi connectivity index (χ2n) is 5.49. The van der Waals surface area contributed by atoms with Crippen LogP contribution in [0.5, 0.6) is 0 Å². The van der Waals surface area contributed by atoms with Crippen LogP contribution in [0.25, 0.3) is 0 Å². The molecule has 2 aromatic carbocycles. The molecule has 25 heavy (non-hydrogen) atoms. The van der Waals surface area contributed by atoms with Gasteiger partial charge in [-0.1, -0.05) is 24.6 Å². The number of anilines is 1. The summed E-state index contributed by atoms with van der Waals surface area (Å²) in [5.74, 6) is -0.638. The van der Waals surface area contributed by atoms with E-state index in [0.29, 0.717) is 23.4 Å². The molecule has 0 aliphatic rings. The minimum Gasteiger partial charge on any atom is -0.462 e. The summed E-state index contributed by atoms with van der Waals surface area (Å²) in [6, 6.07) is 13.9. The highest BCUT2D eigenvalue weighted by Gasteiger charge is 2.09. The highest BCUT2D eigenvalue weighted by atomic mass is 32.1. The van der Waals surface area contributed by atoms with E-state index in [-0.39, 0.29) is 17.0 Å². The van der Waals surface area contributed by atoms with Gasteiger partial charge >= 0.3 is 5.97 Å². The fourth-order valence-corrected chi connectivity index (χ4v) is 2.22. The maximum absolute atomic E-state index is 12.1. The third-order valence-corrected chi connectivity index (χ3v) is 3.56. The molecule has 0 fully saturated rings. The zero-order valence-corrected chi connectivity index (χ0v) is 15.0. The Labute approximate surface area is 152 Å². The van der Waals surface area contributed by atoms with Crippen molar-refractivity contribution in [3.05, 3.63) is 65.2 Å². The van der Waals surface area contributed by atoms with Crippen molar-refractivity contribution in [3.8, 4) is 0 Å². The summed E-state index contributed by atoms with van der Waals surface area (Å²) in [7, 11) is 0. The van der Waals surface area contributed by atoms with Gasteiger partial charge in [-0.15, -0.1) is 0 Å². The Hall–Kier alpha value is -2.73. The van der Waals surface area contributed by atoms with Crippen molar-refractivity contribution >= 4 is 34.9 Å². The minimum absolute atomic E-state index is 0.187. The van der Waals surface area contributed by atoms with Crippen LogP contribution >= 0.6 is 12.2 Å². The van der Waals surface area contributed by atoms with Crippen LogP contribution in [0.1, 0.15) is 39.6 Å². The largest absolute Gasteiger partial charge is 0.462 e. The van der Waals surface area contributed by atoms with E-state index in [9.17, 15) is 9.59 Å². The first-order chi connectivity index (χ1) is 12.0. The molecule has 0 spiro atoms. The Morgan fingerprint density at radius 1 is 1.00 bits per heavy atom. The standard InChI is InChI=1S/C19H20N2O3S/c1-3-12-24-18(23)15-8-10-16(11-9-15)20-19(25)21-17(22)14-6-4-13(2)5-7-14/h4-11H,3,12H2,1-2H3,(H2,20,21,22,25). The highest BCUT2D eigenvalue weighted by Crippen LogP contribution is 2.11. The first-order valence-electron chi connectivity index (χ1n) is 7.96.